The molecule has 0 aliphatic carbocycles. The Morgan fingerprint density at radius 1 is 1.52 bits per heavy atom. The SMILES string of the molecule is O=C(NCCN1C(=O)CSC1=S)c1cccc([N+](=O)[O-])c1. The van der Waals surface area contributed by atoms with Crippen LogP contribution in [0.1, 0.15) is 10.4 Å². The Hall–Kier alpha value is -2.00. The maximum atomic E-state index is 11.9. The van der Waals surface area contributed by atoms with Crippen molar-refractivity contribution in [1.82, 2.24) is 10.2 Å². The molecule has 0 radical (unpaired) electrons. The molecule has 1 aromatic carbocycles. The highest BCUT2D eigenvalue weighted by atomic mass is 32.2. The molecule has 21 heavy (non-hydrogen) atoms. The van der Waals surface area contributed by atoms with E-state index in [9.17, 15) is 19.7 Å². The van der Waals surface area contributed by atoms with Crippen LogP contribution in [0.2, 0.25) is 0 Å². The number of rotatable bonds is 5. The van der Waals surface area contributed by atoms with Crippen molar-refractivity contribution in [3.05, 3.63) is 39.9 Å². The molecule has 1 fully saturated rings. The standard InChI is InChI=1S/C12H11N3O4S2/c16-10-7-21-12(20)14(10)5-4-13-11(17)8-2-1-3-9(6-8)15(18)19/h1-3,6H,4-5,7H2,(H,13,17). The number of benzene rings is 1. The number of thioether (sulfide) groups is 1. The summed E-state index contributed by atoms with van der Waals surface area (Å²) >= 11 is 6.31. The van der Waals surface area contributed by atoms with Gasteiger partial charge >= 0.3 is 0 Å². The highest BCUT2D eigenvalue weighted by molar-refractivity contribution is 8.23. The molecule has 1 N–H and O–H groups in total. The van der Waals surface area contributed by atoms with E-state index in [1.54, 1.807) is 0 Å². The number of nitro groups is 1. The van der Waals surface area contributed by atoms with Gasteiger partial charge in [-0.05, 0) is 6.07 Å². The van der Waals surface area contributed by atoms with E-state index in [2.05, 4.69) is 5.32 Å². The van der Waals surface area contributed by atoms with Gasteiger partial charge in [0.05, 0.1) is 10.7 Å². The zero-order valence-electron chi connectivity index (χ0n) is 10.8. The molecule has 0 bridgehead atoms. The van der Waals surface area contributed by atoms with Gasteiger partial charge in [-0.2, -0.15) is 0 Å². The van der Waals surface area contributed by atoms with Gasteiger partial charge in [-0.3, -0.25) is 24.6 Å². The van der Waals surface area contributed by atoms with E-state index in [4.69, 9.17) is 12.2 Å². The molecule has 1 saturated heterocycles. The second kappa shape index (κ2) is 6.64. The number of nitrogens with one attached hydrogen (secondary N) is 1. The van der Waals surface area contributed by atoms with Crippen molar-refractivity contribution in [2.45, 2.75) is 0 Å². The third kappa shape index (κ3) is 3.76. The van der Waals surface area contributed by atoms with Crippen LogP contribution in [-0.4, -0.2) is 44.8 Å². The third-order valence-electron chi connectivity index (χ3n) is 2.78. The number of carbonyl (C=O) groups excluding carboxylic acids is 2. The molecular weight excluding hydrogens is 314 g/mol. The molecule has 0 aromatic heterocycles. The van der Waals surface area contributed by atoms with E-state index >= 15 is 0 Å². The normalized spacial score (nSPS) is 14.4. The summed E-state index contributed by atoms with van der Waals surface area (Å²) in [4.78, 5) is 34.9. The predicted octanol–water partition coefficient (Wildman–Crippen LogP) is 1.18. The Kier molecular flexibility index (Phi) is 4.86. The van der Waals surface area contributed by atoms with Crippen LogP contribution >= 0.6 is 24.0 Å². The number of carbonyl (C=O) groups is 2. The van der Waals surface area contributed by atoms with Crippen LogP contribution in [0.5, 0.6) is 0 Å². The van der Waals surface area contributed by atoms with Crippen LogP contribution in [-0.2, 0) is 4.79 Å². The van der Waals surface area contributed by atoms with Crippen LogP contribution < -0.4 is 5.32 Å². The average Bonchev–Trinajstić information content (AvgIpc) is 2.79. The van der Waals surface area contributed by atoms with Gasteiger partial charge in [0.2, 0.25) is 5.91 Å². The molecule has 1 heterocycles. The van der Waals surface area contributed by atoms with E-state index in [1.165, 1.54) is 40.9 Å². The van der Waals surface area contributed by atoms with Crippen molar-refractivity contribution in [2.24, 2.45) is 0 Å². The first-order valence-corrected chi connectivity index (χ1v) is 7.38. The third-order valence-corrected chi connectivity index (χ3v) is 4.21. The maximum Gasteiger partial charge on any atom is 0.270 e. The van der Waals surface area contributed by atoms with Crippen molar-refractivity contribution in [1.29, 1.82) is 0 Å². The predicted molar refractivity (Wildman–Crippen MR) is 82.2 cm³/mol. The quantitative estimate of drug-likeness (QED) is 0.496. The largest absolute Gasteiger partial charge is 0.350 e. The van der Waals surface area contributed by atoms with Crippen molar-refractivity contribution in [3.63, 3.8) is 0 Å². The summed E-state index contributed by atoms with van der Waals surface area (Å²) in [7, 11) is 0. The Balaban J connectivity index is 1.90. The second-order valence-electron chi connectivity index (χ2n) is 4.16. The number of hydrogen-bond acceptors (Lipinski definition) is 6. The van der Waals surface area contributed by atoms with E-state index in [1.807, 2.05) is 0 Å². The summed E-state index contributed by atoms with van der Waals surface area (Å²) in [6.07, 6.45) is 0. The number of thiocarbonyl (C=S) groups is 1. The Morgan fingerprint density at radius 2 is 2.29 bits per heavy atom. The van der Waals surface area contributed by atoms with Crippen LogP contribution in [0.25, 0.3) is 0 Å². The van der Waals surface area contributed by atoms with Crippen LogP contribution in [0.15, 0.2) is 24.3 Å². The zero-order chi connectivity index (χ0) is 15.4. The van der Waals surface area contributed by atoms with Crippen molar-refractivity contribution >= 4 is 45.8 Å². The monoisotopic (exact) mass is 325 g/mol. The van der Waals surface area contributed by atoms with Crippen LogP contribution in [0.3, 0.4) is 0 Å². The summed E-state index contributed by atoms with van der Waals surface area (Å²) < 4.78 is 0.504. The summed E-state index contributed by atoms with van der Waals surface area (Å²) in [5, 5.41) is 13.3. The van der Waals surface area contributed by atoms with E-state index in [0.717, 1.165) is 0 Å². The summed E-state index contributed by atoms with van der Waals surface area (Å²) in [5.41, 5.74) is 0.0591. The molecule has 9 heteroatoms. The van der Waals surface area contributed by atoms with Crippen LogP contribution in [0.4, 0.5) is 5.69 Å². The van der Waals surface area contributed by atoms with E-state index in [-0.39, 0.29) is 23.7 Å². The van der Waals surface area contributed by atoms with E-state index < -0.39 is 10.8 Å². The van der Waals surface area contributed by atoms with Gasteiger partial charge in [-0.15, -0.1) is 0 Å². The first-order chi connectivity index (χ1) is 9.99. The summed E-state index contributed by atoms with van der Waals surface area (Å²) in [5.74, 6) is -0.170. The van der Waals surface area contributed by atoms with Gasteiger partial charge in [0.15, 0.2) is 0 Å². The first-order valence-electron chi connectivity index (χ1n) is 5.99. The molecule has 1 aromatic rings. The molecule has 0 unspecified atom stereocenters. The van der Waals surface area contributed by atoms with Gasteiger partial charge in [0.1, 0.15) is 4.32 Å². The number of nitro benzene ring substituents is 1. The molecule has 0 spiro atoms. The minimum absolute atomic E-state index is 0.0744. The van der Waals surface area contributed by atoms with Crippen molar-refractivity contribution < 1.29 is 14.5 Å². The summed E-state index contributed by atoms with van der Waals surface area (Å²) in [6.45, 7) is 0.527. The molecular formula is C12H11N3O4S2. The Morgan fingerprint density at radius 3 is 2.90 bits per heavy atom. The fraction of sp³-hybridized carbons (Fsp3) is 0.250. The lowest BCUT2D eigenvalue weighted by molar-refractivity contribution is -0.384. The highest BCUT2D eigenvalue weighted by Crippen LogP contribution is 2.18. The Bertz CT molecular complexity index is 604. The topological polar surface area (TPSA) is 92.6 Å². The second-order valence-corrected chi connectivity index (χ2v) is 5.77. The average molecular weight is 325 g/mol. The zero-order valence-corrected chi connectivity index (χ0v) is 12.4. The van der Waals surface area contributed by atoms with Gasteiger partial charge in [0.25, 0.3) is 11.6 Å². The lowest BCUT2D eigenvalue weighted by Crippen LogP contribution is -2.37. The van der Waals surface area contributed by atoms with E-state index in [0.29, 0.717) is 16.6 Å². The van der Waals surface area contributed by atoms with Crippen LogP contribution in [0, 0.1) is 10.1 Å². The number of nitrogens with zero attached hydrogens (tertiary/aromatic N) is 2. The highest BCUT2D eigenvalue weighted by Gasteiger charge is 2.26. The van der Waals surface area contributed by atoms with Gasteiger partial charge in [-0.1, -0.05) is 30.0 Å². The molecule has 0 atom stereocenters. The van der Waals surface area contributed by atoms with Gasteiger partial charge in [0, 0.05) is 30.8 Å². The number of hydrogen-bond donors (Lipinski definition) is 1. The number of non-ortho nitro benzene ring substituents is 1. The Labute approximate surface area is 129 Å². The molecule has 7 nitrogen and oxygen atoms in total. The van der Waals surface area contributed by atoms with Crippen molar-refractivity contribution in [2.75, 3.05) is 18.8 Å². The lowest BCUT2D eigenvalue weighted by Gasteiger charge is -2.15. The smallest absolute Gasteiger partial charge is 0.270 e. The molecule has 1 aliphatic heterocycles. The maximum absolute atomic E-state index is 11.9. The fourth-order valence-electron chi connectivity index (χ4n) is 1.74. The molecule has 2 amide bonds. The minimum Gasteiger partial charge on any atom is -0.350 e. The van der Waals surface area contributed by atoms with Gasteiger partial charge in [-0.25, -0.2) is 0 Å². The lowest BCUT2D eigenvalue weighted by atomic mass is 10.2. The molecule has 1 aliphatic rings. The number of amides is 2. The molecule has 0 saturated carbocycles. The minimum atomic E-state index is -0.560. The summed E-state index contributed by atoms with van der Waals surface area (Å²) in [6, 6.07) is 5.46. The molecule has 2 rings (SSSR count). The molecule has 110 valence electrons. The first kappa shape index (κ1) is 15.4. The van der Waals surface area contributed by atoms with Gasteiger partial charge < -0.3 is 5.32 Å². The van der Waals surface area contributed by atoms with Crippen molar-refractivity contribution in [3.8, 4) is 0 Å². The fourth-order valence-corrected chi connectivity index (χ4v) is 2.86.